The molecule has 1 N–H and O–H groups in total. The van der Waals surface area contributed by atoms with E-state index in [-0.39, 0.29) is 17.4 Å². The van der Waals surface area contributed by atoms with E-state index < -0.39 is 0 Å². The van der Waals surface area contributed by atoms with Gasteiger partial charge < -0.3 is 5.32 Å². The Morgan fingerprint density at radius 3 is 2.28 bits per heavy atom. The highest BCUT2D eigenvalue weighted by Gasteiger charge is 2.25. The monoisotopic (exact) mass is 375 g/mol. The first kappa shape index (κ1) is 15.7. The van der Waals surface area contributed by atoms with Gasteiger partial charge in [-0.05, 0) is 36.1 Å². The molecule has 18 heavy (non-hydrogen) atoms. The summed E-state index contributed by atoms with van der Waals surface area (Å²) < 4.78 is 0.979. The highest BCUT2D eigenvalue weighted by molar-refractivity contribution is 9.10. The van der Waals surface area contributed by atoms with E-state index in [9.17, 15) is 4.79 Å². The summed E-state index contributed by atoms with van der Waals surface area (Å²) in [6.07, 6.45) is 0.922. The van der Waals surface area contributed by atoms with Gasteiger partial charge >= 0.3 is 0 Å². The van der Waals surface area contributed by atoms with Crippen molar-refractivity contribution in [2.75, 3.05) is 5.33 Å². The number of amides is 1. The van der Waals surface area contributed by atoms with E-state index in [1.54, 1.807) is 0 Å². The SMILES string of the molecule is CC(C)(C)C(CCBr)NC(=O)c1ccc(Br)cc1. The number of carbonyl (C=O) groups excluding carboxylic acids is 1. The molecule has 0 aliphatic heterocycles. The lowest BCUT2D eigenvalue weighted by molar-refractivity contribution is 0.0901. The molecule has 4 heteroatoms. The van der Waals surface area contributed by atoms with Crippen LogP contribution in [0, 0.1) is 5.41 Å². The summed E-state index contributed by atoms with van der Waals surface area (Å²) in [5, 5.41) is 3.99. The number of alkyl halides is 1. The smallest absolute Gasteiger partial charge is 0.251 e. The number of hydrogen-bond acceptors (Lipinski definition) is 1. The van der Waals surface area contributed by atoms with Gasteiger partial charge in [0.1, 0.15) is 0 Å². The maximum Gasteiger partial charge on any atom is 0.251 e. The van der Waals surface area contributed by atoms with Crippen molar-refractivity contribution in [1.82, 2.24) is 5.32 Å². The van der Waals surface area contributed by atoms with E-state index in [1.165, 1.54) is 0 Å². The van der Waals surface area contributed by atoms with E-state index in [0.717, 1.165) is 16.2 Å². The largest absolute Gasteiger partial charge is 0.349 e. The Morgan fingerprint density at radius 2 is 1.83 bits per heavy atom. The van der Waals surface area contributed by atoms with Crippen LogP contribution in [0.3, 0.4) is 0 Å². The Bertz CT molecular complexity index is 395. The van der Waals surface area contributed by atoms with Crippen LogP contribution in [0.5, 0.6) is 0 Å². The number of hydrogen-bond donors (Lipinski definition) is 1. The predicted octanol–water partition coefficient (Wildman–Crippen LogP) is 4.38. The second-order valence-electron chi connectivity index (χ2n) is 5.38. The van der Waals surface area contributed by atoms with E-state index in [0.29, 0.717) is 5.56 Å². The van der Waals surface area contributed by atoms with Crippen LogP contribution in [0.2, 0.25) is 0 Å². The maximum absolute atomic E-state index is 12.1. The van der Waals surface area contributed by atoms with E-state index in [1.807, 2.05) is 24.3 Å². The quantitative estimate of drug-likeness (QED) is 0.776. The summed E-state index contributed by atoms with van der Waals surface area (Å²) in [7, 11) is 0. The Labute approximate surface area is 126 Å². The van der Waals surface area contributed by atoms with Gasteiger partial charge in [-0.3, -0.25) is 4.79 Å². The Hall–Kier alpha value is -0.350. The number of rotatable bonds is 4. The second kappa shape index (κ2) is 6.71. The molecule has 0 radical (unpaired) electrons. The van der Waals surface area contributed by atoms with Gasteiger partial charge in [-0.1, -0.05) is 52.6 Å². The minimum absolute atomic E-state index is 0.0108. The van der Waals surface area contributed by atoms with Crippen molar-refractivity contribution in [1.29, 1.82) is 0 Å². The van der Waals surface area contributed by atoms with Crippen molar-refractivity contribution in [2.45, 2.75) is 33.2 Å². The second-order valence-corrected chi connectivity index (χ2v) is 7.09. The first-order valence-electron chi connectivity index (χ1n) is 5.97. The fraction of sp³-hybridized carbons (Fsp3) is 0.500. The Kier molecular flexibility index (Phi) is 5.86. The van der Waals surface area contributed by atoms with Crippen LogP contribution in [0.1, 0.15) is 37.6 Å². The predicted molar refractivity (Wildman–Crippen MR) is 83.3 cm³/mol. The van der Waals surface area contributed by atoms with Crippen molar-refractivity contribution in [2.24, 2.45) is 5.41 Å². The molecule has 0 fully saturated rings. The van der Waals surface area contributed by atoms with Gasteiger partial charge in [-0.25, -0.2) is 0 Å². The zero-order valence-electron chi connectivity index (χ0n) is 11.0. The van der Waals surface area contributed by atoms with Crippen LogP contribution in [-0.2, 0) is 0 Å². The fourth-order valence-corrected chi connectivity index (χ4v) is 2.40. The lowest BCUT2D eigenvalue weighted by Gasteiger charge is -2.31. The maximum atomic E-state index is 12.1. The topological polar surface area (TPSA) is 29.1 Å². The summed E-state index contributed by atoms with van der Waals surface area (Å²) in [5.41, 5.74) is 0.751. The van der Waals surface area contributed by atoms with Crippen LogP contribution >= 0.6 is 31.9 Å². The number of nitrogens with one attached hydrogen (secondary N) is 1. The molecule has 0 saturated carbocycles. The molecular formula is C14H19Br2NO. The highest BCUT2D eigenvalue weighted by Crippen LogP contribution is 2.23. The van der Waals surface area contributed by atoms with Gasteiger partial charge in [0.2, 0.25) is 0 Å². The van der Waals surface area contributed by atoms with Gasteiger partial charge in [0.05, 0.1) is 0 Å². The van der Waals surface area contributed by atoms with Gasteiger partial charge in [0, 0.05) is 21.4 Å². The molecule has 1 unspecified atom stereocenters. The van der Waals surface area contributed by atoms with Crippen LogP contribution in [0.4, 0.5) is 0 Å². The summed E-state index contributed by atoms with van der Waals surface area (Å²) in [4.78, 5) is 12.1. The molecular weight excluding hydrogens is 358 g/mol. The molecule has 1 atom stereocenters. The van der Waals surface area contributed by atoms with Gasteiger partial charge in [-0.2, -0.15) is 0 Å². The van der Waals surface area contributed by atoms with Crippen molar-refractivity contribution in [3.63, 3.8) is 0 Å². The van der Waals surface area contributed by atoms with Gasteiger partial charge in [0.15, 0.2) is 0 Å². The van der Waals surface area contributed by atoms with Crippen molar-refractivity contribution >= 4 is 37.8 Å². The van der Waals surface area contributed by atoms with Crippen LogP contribution < -0.4 is 5.32 Å². The summed E-state index contributed by atoms with van der Waals surface area (Å²) >= 11 is 6.80. The van der Waals surface area contributed by atoms with Crippen LogP contribution in [0.25, 0.3) is 0 Å². The summed E-state index contributed by atoms with van der Waals surface area (Å²) in [5.74, 6) is -0.0108. The zero-order chi connectivity index (χ0) is 13.8. The molecule has 0 bridgehead atoms. The Morgan fingerprint density at radius 1 is 1.28 bits per heavy atom. The van der Waals surface area contributed by atoms with Crippen molar-refractivity contribution in [3.05, 3.63) is 34.3 Å². The molecule has 0 aliphatic rings. The highest BCUT2D eigenvalue weighted by atomic mass is 79.9. The lowest BCUT2D eigenvalue weighted by atomic mass is 9.85. The average molecular weight is 377 g/mol. The molecule has 1 aromatic carbocycles. The number of benzene rings is 1. The van der Waals surface area contributed by atoms with E-state index in [4.69, 9.17) is 0 Å². The summed E-state index contributed by atoms with van der Waals surface area (Å²) in [6.45, 7) is 6.42. The van der Waals surface area contributed by atoms with Gasteiger partial charge in [0.25, 0.3) is 5.91 Å². The molecule has 0 aromatic heterocycles. The third-order valence-corrected chi connectivity index (χ3v) is 3.84. The fourth-order valence-electron chi connectivity index (χ4n) is 1.67. The molecule has 100 valence electrons. The number of halogens is 2. The third kappa shape index (κ3) is 4.73. The summed E-state index contributed by atoms with van der Waals surface area (Å²) in [6, 6.07) is 7.57. The molecule has 1 rings (SSSR count). The first-order chi connectivity index (χ1) is 8.34. The van der Waals surface area contributed by atoms with Crippen molar-refractivity contribution < 1.29 is 4.79 Å². The van der Waals surface area contributed by atoms with Crippen LogP contribution in [-0.4, -0.2) is 17.3 Å². The average Bonchev–Trinajstić information content (AvgIpc) is 2.28. The first-order valence-corrected chi connectivity index (χ1v) is 7.88. The standard InChI is InChI=1S/C14H19Br2NO/c1-14(2,3)12(8-9-15)17-13(18)10-4-6-11(16)7-5-10/h4-7,12H,8-9H2,1-3H3,(H,17,18). The third-order valence-electron chi connectivity index (χ3n) is 2.85. The lowest BCUT2D eigenvalue weighted by Crippen LogP contribution is -2.44. The molecule has 2 nitrogen and oxygen atoms in total. The van der Waals surface area contributed by atoms with Crippen LogP contribution in [0.15, 0.2) is 28.7 Å². The normalized spacial score (nSPS) is 13.2. The minimum atomic E-state index is -0.0108. The van der Waals surface area contributed by atoms with Gasteiger partial charge in [-0.15, -0.1) is 0 Å². The number of carbonyl (C=O) groups is 1. The molecule has 0 aliphatic carbocycles. The molecule has 1 aromatic rings. The minimum Gasteiger partial charge on any atom is -0.349 e. The molecule has 0 heterocycles. The Balaban J connectivity index is 2.75. The van der Waals surface area contributed by atoms with E-state index >= 15 is 0 Å². The van der Waals surface area contributed by atoms with E-state index in [2.05, 4.69) is 57.9 Å². The zero-order valence-corrected chi connectivity index (χ0v) is 14.1. The molecule has 0 spiro atoms. The molecule has 1 amide bonds. The molecule has 0 saturated heterocycles. The van der Waals surface area contributed by atoms with Crippen molar-refractivity contribution in [3.8, 4) is 0 Å².